The van der Waals surface area contributed by atoms with Gasteiger partial charge in [-0.25, -0.2) is 8.78 Å². The van der Waals surface area contributed by atoms with Crippen LogP contribution in [0.5, 0.6) is 0 Å². The maximum atomic E-state index is 12.9. The number of carbonyl (C=O) groups is 1. The summed E-state index contributed by atoms with van der Waals surface area (Å²) in [6.07, 6.45) is -0.269. The van der Waals surface area contributed by atoms with Gasteiger partial charge < -0.3 is 5.32 Å². The Morgan fingerprint density at radius 2 is 1.92 bits per heavy atom. The highest BCUT2D eigenvalue weighted by atomic mass is 19.1. The van der Waals surface area contributed by atoms with Gasteiger partial charge in [0.15, 0.2) is 0 Å². The fourth-order valence-electron chi connectivity index (χ4n) is 0.950. The first kappa shape index (κ1) is 9.64. The van der Waals surface area contributed by atoms with Crippen molar-refractivity contribution < 1.29 is 13.6 Å². The highest BCUT2D eigenvalue weighted by Gasteiger charge is 2.11. The summed E-state index contributed by atoms with van der Waals surface area (Å²) in [5, 5.41) is 2.30. The lowest BCUT2D eigenvalue weighted by molar-refractivity contribution is -0.120. The molecule has 0 fully saturated rings. The van der Waals surface area contributed by atoms with Crippen molar-refractivity contribution in [3.05, 3.63) is 35.4 Å². The predicted molar refractivity (Wildman–Crippen MR) is 44.1 cm³/mol. The first-order valence-corrected chi connectivity index (χ1v) is 3.78. The van der Waals surface area contributed by atoms with Gasteiger partial charge in [-0.2, -0.15) is 0 Å². The van der Waals surface area contributed by atoms with Crippen LogP contribution in [-0.4, -0.2) is 13.0 Å². The minimum atomic E-state index is -0.691. The Balaban J connectivity index is 2.93. The average Bonchev–Trinajstić information content (AvgIpc) is 2.11. The summed E-state index contributed by atoms with van der Waals surface area (Å²) in [6, 6.07) is 3.51. The van der Waals surface area contributed by atoms with E-state index in [0.29, 0.717) is 0 Å². The number of rotatable bonds is 2. The van der Waals surface area contributed by atoms with Crippen molar-refractivity contribution in [3.63, 3.8) is 0 Å². The summed E-state index contributed by atoms with van der Waals surface area (Å²) in [7, 11) is 1.42. The van der Waals surface area contributed by atoms with Crippen molar-refractivity contribution in [2.24, 2.45) is 0 Å². The van der Waals surface area contributed by atoms with E-state index in [4.69, 9.17) is 0 Å². The molecular formula is C9H9F2NO. The fourth-order valence-corrected chi connectivity index (χ4v) is 0.950. The van der Waals surface area contributed by atoms with Gasteiger partial charge in [0.05, 0.1) is 6.42 Å². The van der Waals surface area contributed by atoms with Crippen LogP contribution in [0, 0.1) is 11.6 Å². The smallest absolute Gasteiger partial charge is 0.224 e. The van der Waals surface area contributed by atoms with Gasteiger partial charge in [-0.15, -0.1) is 0 Å². The van der Waals surface area contributed by atoms with Gasteiger partial charge in [-0.1, -0.05) is 6.07 Å². The van der Waals surface area contributed by atoms with E-state index in [2.05, 4.69) is 5.32 Å². The fraction of sp³-hybridized carbons (Fsp3) is 0.222. The number of carbonyl (C=O) groups excluding carboxylic acids is 1. The average molecular weight is 185 g/mol. The Kier molecular flexibility index (Phi) is 2.95. The van der Waals surface area contributed by atoms with E-state index < -0.39 is 17.5 Å². The number of hydrogen-bond acceptors (Lipinski definition) is 1. The third-order valence-corrected chi connectivity index (χ3v) is 1.68. The van der Waals surface area contributed by atoms with Gasteiger partial charge in [0.25, 0.3) is 0 Å². The molecule has 0 heterocycles. The van der Waals surface area contributed by atoms with E-state index in [0.717, 1.165) is 12.1 Å². The van der Waals surface area contributed by atoms with E-state index in [1.807, 2.05) is 0 Å². The van der Waals surface area contributed by atoms with Crippen LogP contribution in [0.15, 0.2) is 18.2 Å². The van der Waals surface area contributed by atoms with Gasteiger partial charge in [0.1, 0.15) is 11.6 Å². The second-order valence-electron chi connectivity index (χ2n) is 2.55. The molecule has 0 bridgehead atoms. The number of halogens is 2. The molecule has 1 aromatic rings. The molecule has 0 aliphatic heterocycles. The molecule has 0 saturated carbocycles. The van der Waals surface area contributed by atoms with E-state index in [1.54, 1.807) is 0 Å². The number of benzene rings is 1. The summed E-state index contributed by atoms with van der Waals surface area (Å²) in [4.78, 5) is 10.8. The van der Waals surface area contributed by atoms with Crippen LogP contribution in [0.3, 0.4) is 0 Å². The first-order valence-electron chi connectivity index (χ1n) is 3.78. The van der Waals surface area contributed by atoms with Gasteiger partial charge in [0.2, 0.25) is 5.91 Å². The molecule has 0 aliphatic carbocycles. The van der Waals surface area contributed by atoms with Crippen LogP contribution in [-0.2, 0) is 11.2 Å². The monoisotopic (exact) mass is 185 g/mol. The molecule has 70 valence electrons. The van der Waals surface area contributed by atoms with Crippen LogP contribution < -0.4 is 5.32 Å². The minimum Gasteiger partial charge on any atom is -0.359 e. The lowest BCUT2D eigenvalue weighted by Gasteiger charge is -2.02. The Morgan fingerprint density at radius 1 is 1.38 bits per heavy atom. The third-order valence-electron chi connectivity index (χ3n) is 1.68. The topological polar surface area (TPSA) is 29.1 Å². The van der Waals surface area contributed by atoms with Crippen molar-refractivity contribution in [2.45, 2.75) is 6.42 Å². The number of likely N-dealkylation sites (N-methyl/N-ethyl adjacent to an activating group) is 1. The normalized spacial score (nSPS) is 9.77. The number of hydrogen-bond donors (Lipinski definition) is 1. The van der Waals surface area contributed by atoms with Gasteiger partial charge in [-0.3, -0.25) is 4.79 Å². The summed E-state index contributed by atoms with van der Waals surface area (Å²) in [5.74, 6) is -1.80. The second kappa shape index (κ2) is 3.98. The Bertz CT molecular complexity index is 305. The summed E-state index contributed by atoms with van der Waals surface area (Å²) in [5.41, 5.74) is -0.193. The Hall–Kier alpha value is -1.45. The molecule has 0 spiro atoms. The maximum absolute atomic E-state index is 12.9. The lowest BCUT2D eigenvalue weighted by atomic mass is 10.1. The molecule has 0 aliphatic rings. The minimum absolute atomic E-state index is 0.193. The van der Waals surface area contributed by atoms with Gasteiger partial charge in [0, 0.05) is 12.6 Å². The van der Waals surface area contributed by atoms with Crippen LogP contribution in [0.1, 0.15) is 5.56 Å². The molecule has 0 aromatic heterocycles. The maximum Gasteiger partial charge on any atom is 0.224 e. The van der Waals surface area contributed by atoms with Gasteiger partial charge in [-0.05, 0) is 12.1 Å². The largest absolute Gasteiger partial charge is 0.359 e. The Morgan fingerprint density at radius 3 is 2.38 bits per heavy atom. The lowest BCUT2D eigenvalue weighted by Crippen LogP contribution is -2.21. The molecule has 2 nitrogen and oxygen atoms in total. The molecule has 1 aromatic carbocycles. The van der Waals surface area contributed by atoms with E-state index in [1.165, 1.54) is 13.1 Å². The molecule has 4 heteroatoms. The zero-order chi connectivity index (χ0) is 9.84. The molecule has 0 unspecified atom stereocenters. The molecule has 1 rings (SSSR count). The second-order valence-corrected chi connectivity index (χ2v) is 2.55. The SMILES string of the molecule is CNC(=O)Cc1c(F)cccc1F. The van der Waals surface area contributed by atoms with Crippen LogP contribution >= 0.6 is 0 Å². The number of amides is 1. The summed E-state index contributed by atoms with van der Waals surface area (Å²) in [6.45, 7) is 0. The predicted octanol–water partition coefficient (Wildman–Crippen LogP) is 1.25. The molecule has 0 atom stereocenters. The van der Waals surface area contributed by atoms with E-state index in [-0.39, 0.29) is 12.0 Å². The standard InChI is InChI=1S/C9H9F2NO/c1-12-9(13)5-6-7(10)3-2-4-8(6)11/h2-4H,5H2,1H3,(H,12,13). The van der Waals surface area contributed by atoms with Crippen molar-refractivity contribution >= 4 is 5.91 Å². The first-order chi connectivity index (χ1) is 6.15. The molecule has 1 N–H and O–H groups in total. The quantitative estimate of drug-likeness (QED) is 0.738. The van der Waals surface area contributed by atoms with Crippen LogP contribution in [0.25, 0.3) is 0 Å². The molecule has 0 radical (unpaired) electrons. The van der Waals surface area contributed by atoms with Crippen molar-refractivity contribution in [1.29, 1.82) is 0 Å². The van der Waals surface area contributed by atoms with Gasteiger partial charge >= 0.3 is 0 Å². The number of nitrogens with one attached hydrogen (secondary N) is 1. The molecule has 1 amide bonds. The van der Waals surface area contributed by atoms with Crippen LogP contribution in [0.2, 0.25) is 0 Å². The van der Waals surface area contributed by atoms with E-state index in [9.17, 15) is 13.6 Å². The Labute approximate surface area is 74.6 Å². The zero-order valence-corrected chi connectivity index (χ0v) is 7.10. The molecular weight excluding hydrogens is 176 g/mol. The van der Waals surface area contributed by atoms with E-state index >= 15 is 0 Å². The zero-order valence-electron chi connectivity index (χ0n) is 7.10. The summed E-state index contributed by atoms with van der Waals surface area (Å²) < 4.78 is 25.9. The van der Waals surface area contributed by atoms with Crippen molar-refractivity contribution in [1.82, 2.24) is 5.32 Å². The molecule has 13 heavy (non-hydrogen) atoms. The summed E-state index contributed by atoms with van der Waals surface area (Å²) >= 11 is 0. The molecule has 0 saturated heterocycles. The van der Waals surface area contributed by atoms with Crippen LogP contribution in [0.4, 0.5) is 8.78 Å². The highest BCUT2D eigenvalue weighted by molar-refractivity contribution is 5.78. The van der Waals surface area contributed by atoms with Crippen molar-refractivity contribution in [3.8, 4) is 0 Å². The highest BCUT2D eigenvalue weighted by Crippen LogP contribution is 2.12. The third kappa shape index (κ3) is 2.24. The van der Waals surface area contributed by atoms with Crippen molar-refractivity contribution in [2.75, 3.05) is 7.05 Å².